The fraction of sp³-hybridized carbons (Fsp3) is 0.316. The van der Waals surface area contributed by atoms with Crippen LogP contribution in [0.4, 0.5) is 5.69 Å². The van der Waals surface area contributed by atoms with Crippen molar-refractivity contribution in [3.63, 3.8) is 0 Å². The van der Waals surface area contributed by atoms with Crippen LogP contribution in [-0.2, 0) is 0 Å². The highest BCUT2D eigenvalue weighted by Crippen LogP contribution is 2.16. The first kappa shape index (κ1) is 17.0. The third kappa shape index (κ3) is 4.57. The number of hydrogen-bond acceptors (Lipinski definition) is 3. The number of nitrogens with zero attached hydrogens (tertiary/aromatic N) is 1. The highest BCUT2D eigenvalue weighted by atomic mass is 16.3. The first-order chi connectivity index (χ1) is 11.2. The molecular formula is C19H24N2O2. The van der Waals surface area contributed by atoms with Crippen LogP contribution in [0.15, 0.2) is 54.6 Å². The molecule has 2 aromatic rings. The zero-order chi connectivity index (χ0) is 16.7. The standard InChI is InChI=1S/C19H24N2O2/c1-3-13-21(2)17-11-9-16(10-12-17)19(23)20-18(14-22)15-7-5-4-6-8-15/h4-12,18,22H,3,13-14H2,1-2H3,(H,20,23)/t18-/m0/s1. The minimum atomic E-state index is -0.397. The van der Waals surface area contributed by atoms with E-state index < -0.39 is 6.04 Å². The zero-order valence-electron chi connectivity index (χ0n) is 13.7. The maximum atomic E-state index is 12.4. The van der Waals surface area contributed by atoms with Crippen LogP contribution < -0.4 is 10.2 Å². The maximum Gasteiger partial charge on any atom is 0.251 e. The number of anilines is 1. The number of aliphatic hydroxyl groups is 1. The molecule has 0 aliphatic carbocycles. The van der Waals surface area contributed by atoms with Gasteiger partial charge in [-0.1, -0.05) is 37.3 Å². The van der Waals surface area contributed by atoms with E-state index in [9.17, 15) is 9.90 Å². The van der Waals surface area contributed by atoms with Gasteiger partial charge in [0.05, 0.1) is 12.6 Å². The third-order valence-electron chi connectivity index (χ3n) is 3.82. The molecule has 122 valence electrons. The fourth-order valence-corrected chi connectivity index (χ4v) is 2.49. The van der Waals surface area contributed by atoms with Crippen LogP contribution in [0.5, 0.6) is 0 Å². The normalized spacial score (nSPS) is 11.8. The number of amides is 1. The number of nitrogens with one attached hydrogen (secondary N) is 1. The summed E-state index contributed by atoms with van der Waals surface area (Å²) in [7, 11) is 2.04. The Hall–Kier alpha value is -2.33. The molecule has 0 fully saturated rings. The van der Waals surface area contributed by atoms with Crippen LogP contribution in [0.1, 0.15) is 35.3 Å². The number of carbonyl (C=O) groups is 1. The molecule has 0 aliphatic rings. The summed E-state index contributed by atoms with van der Waals surface area (Å²) in [6.07, 6.45) is 1.08. The van der Waals surface area contributed by atoms with Gasteiger partial charge in [0.25, 0.3) is 5.91 Å². The summed E-state index contributed by atoms with van der Waals surface area (Å²) in [5, 5.41) is 12.4. The van der Waals surface area contributed by atoms with Crippen LogP contribution in [-0.4, -0.2) is 31.2 Å². The van der Waals surface area contributed by atoms with E-state index in [0.29, 0.717) is 5.56 Å². The molecule has 0 saturated heterocycles. The lowest BCUT2D eigenvalue weighted by molar-refractivity contribution is 0.0916. The van der Waals surface area contributed by atoms with E-state index >= 15 is 0 Å². The quantitative estimate of drug-likeness (QED) is 0.826. The average Bonchev–Trinajstić information content (AvgIpc) is 2.60. The lowest BCUT2D eigenvalue weighted by Crippen LogP contribution is -2.30. The van der Waals surface area contributed by atoms with Crippen LogP contribution in [0.2, 0.25) is 0 Å². The molecule has 0 spiro atoms. The van der Waals surface area contributed by atoms with Gasteiger partial charge in [0.15, 0.2) is 0 Å². The monoisotopic (exact) mass is 312 g/mol. The summed E-state index contributed by atoms with van der Waals surface area (Å²) in [6.45, 7) is 2.98. The molecule has 1 atom stereocenters. The molecule has 23 heavy (non-hydrogen) atoms. The molecule has 4 nitrogen and oxygen atoms in total. The molecule has 0 aromatic heterocycles. The molecule has 0 aliphatic heterocycles. The van der Waals surface area contributed by atoms with Crippen molar-refractivity contribution in [1.29, 1.82) is 0 Å². The molecule has 0 bridgehead atoms. The molecule has 4 heteroatoms. The van der Waals surface area contributed by atoms with E-state index in [-0.39, 0.29) is 12.5 Å². The topological polar surface area (TPSA) is 52.6 Å². The van der Waals surface area contributed by atoms with Crippen molar-refractivity contribution in [2.24, 2.45) is 0 Å². The van der Waals surface area contributed by atoms with Crippen molar-refractivity contribution < 1.29 is 9.90 Å². The van der Waals surface area contributed by atoms with Crippen molar-refractivity contribution >= 4 is 11.6 Å². The van der Waals surface area contributed by atoms with Gasteiger partial charge >= 0.3 is 0 Å². The predicted molar refractivity (Wildman–Crippen MR) is 93.7 cm³/mol. The fourth-order valence-electron chi connectivity index (χ4n) is 2.49. The molecular weight excluding hydrogens is 288 g/mol. The van der Waals surface area contributed by atoms with E-state index in [2.05, 4.69) is 17.1 Å². The second-order valence-corrected chi connectivity index (χ2v) is 5.59. The van der Waals surface area contributed by atoms with Crippen molar-refractivity contribution in [1.82, 2.24) is 5.32 Å². The Morgan fingerprint density at radius 1 is 1.13 bits per heavy atom. The maximum absolute atomic E-state index is 12.4. The number of benzene rings is 2. The third-order valence-corrected chi connectivity index (χ3v) is 3.82. The molecule has 1 amide bonds. The minimum Gasteiger partial charge on any atom is -0.394 e. The van der Waals surface area contributed by atoms with Gasteiger partial charge in [-0.15, -0.1) is 0 Å². The summed E-state index contributed by atoms with van der Waals surface area (Å²) >= 11 is 0. The summed E-state index contributed by atoms with van der Waals surface area (Å²) in [5.41, 5.74) is 2.57. The summed E-state index contributed by atoms with van der Waals surface area (Å²) in [4.78, 5) is 14.5. The van der Waals surface area contributed by atoms with E-state index in [4.69, 9.17) is 0 Å². The van der Waals surface area contributed by atoms with Crippen LogP contribution >= 0.6 is 0 Å². The molecule has 2 aromatic carbocycles. The number of rotatable bonds is 7. The van der Waals surface area contributed by atoms with Gasteiger partial charge < -0.3 is 15.3 Å². The highest BCUT2D eigenvalue weighted by Gasteiger charge is 2.14. The molecule has 0 heterocycles. The van der Waals surface area contributed by atoms with E-state index in [0.717, 1.165) is 24.2 Å². The van der Waals surface area contributed by atoms with Gasteiger partial charge in [0, 0.05) is 24.8 Å². The van der Waals surface area contributed by atoms with E-state index in [1.165, 1.54) is 0 Å². The van der Waals surface area contributed by atoms with Gasteiger partial charge in [-0.3, -0.25) is 4.79 Å². The number of aliphatic hydroxyl groups excluding tert-OH is 1. The number of hydrogen-bond donors (Lipinski definition) is 2. The first-order valence-corrected chi connectivity index (χ1v) is 7.93. The van der Waals surface area contributed by atoms with Crippen molar-refractivity contribution in [3.05, 3.63) is 65.7 Å². The Kier molecular flexibility index (Phi) is 6.18. The Balaban J connectivity index is 2.05. The van der Waals surface area contributed by atoms with Crippen molar-refractivity contribution in [3.8, 4) is 0 Å². The van der Waals surface area contributed by atoms with Gasteiger partial charge in [0.1, 0.15) is 0 Å². The zero-order valence-corrected chi connectivity index (χ0v) is 13.7. The van der Waals surface area contributed by atoms with Crippen LogP contribution in [0.25, 0.3) is 0 Å². The Morgan fingerprint density at radius 2 is 1.78 bits per heavy atom. The summed E-state index contributed by atoms with van der Waals surface area (Å²) < 4.78 is 0. The molecule has 0 unspecified atom stereocenters. The molecule has 2 N–H and O–H groups in total. The van der Waals surface area contributed by atoms with Crippen molar-refractivity contribution in [2.45, 2.75) is 19.4 Å². The lowest BCUT2D eigenvalue weighted by Gasteiger charge is -2.19. The predicted octanol–water partition coefficient (Wildman–Crippen LogP) is 3.00. The Labute approximate surface area is 137 Å². The Morgan fingerprint density at radius 3 is 2.35 bits per heavy atom. The second-order valence-electron chi connectivity index (χ2n) is 5.59. The first-order valence-electron chi connectivity index (χ1n) is 7.93. The summed E-state index contributed by atoms with van der Waals surface area (Å²) in [5.74, 6) is -0.183. The van der Waals surface area contributed by atoms with Gasteiger partial charge in [-0.2, -0.15) is 0 Å². The average molecular weight is 312 g/mol. The molecule has 0 radical (unpaired) electrons. The highest BCUT2D eigenvalue weighted by molar-refractivity contribution is 5.94. The van der Waals surface area contributed by atoms with Crippen LogP contribution in [0.3, 0.4) is 0 Å². The minimum absolute atomic E-state index is 0.132. The van der Waals surface area contributed by atoms with Crippen molar-refractivity contribution in [2.75, 3.05) is 25.1 Å². The van der Waals surface area contributed by atoms with E-state index in [1.54, 1.807) is 0 Å². The lowest BCUT2D eigenvalue weighted by atomic mass is 10.1. The molecule has 0 saturated carbocycles. The second kappa shape index (κ2) is 8.34. The van der Waals surface area contributed by atoms with Crippen LogP contribution in [0, 0.1) is 0 Å². The van der Waals surface area contributed by atoms with Gasteiger partial charge in [-0.05, 0) is 36.2 Å². The molecule has 2 rings (SSSR count). The Bertz CT molecular complexity index is 611. The SMILES string of the molecule is CCCN(C)c1ccc(C(=O)N[C@@H](CO)c2ccccc2)cc1. The summed E-state index contributed by atoms with van der Waals surface area (Å²) in [6, 6.07) is 16.6. The number of carbonyl (C=O) groups excluding carboxylic acids is 1. The largest absolute Gasteiger partial charge is 0.394 e. The van der Waals surface area contributed by atoms with Gasteiger partial charge in [0.2, 0.25) is 0 Å². The van der Waals surface area contributed by atoms with Gasteiger partial charge in [-0.25, -0.2) is 0 Å². The smallest absolute Gasteiger partial charge is 0.251 e. The van der Waals surface area contributed by atoms with E-state index in [1.807, 2.05) is 61.6 Å².